The highest BCUT2D eigenvalue weighted by atomic mass is 19.1. The molecule has 0 bridgehead atoms. The van der Waals surface area contributed by atoms with Gasteiger partial charge in [-0.15, -0.1) is 0 Å². The summed E-state index contributed by atoms with van der Waals surface area (Å²) in [5.41, 5.74) is 0.967. The highest BCUT2D eigenvalue weighted by Gasteiger charge is 2.18. The Morgan fingerprint density at radius 1 is 1.26 bits per heavy atom. The molecule has 1 aromatic heterocycles. The zero-order valence-electron chi connectivity index (χ0n) is 12.9. The molecular weight excluding hydrogens is 297 g/mol. The molecule has 0 radical (unpaired) electrons. The van der Waals surface area contributed by atoms with E-state index >= 15 is 0 Å². The van der Waals surface area contributed by atoms with Crippen LogP contribution in [0.4, 0.5) is 16.2 Å². The van der Waals surface area contributed by atoms with E-state index in [1.54, 1.807) is 13.3 Å². The fourth-order valence-corrected chi connectivity index (χ4v) is 2.25. The van der Waals surface area contributed by atoms with Crippen molar-refractivity contribution in [1.82, 2.24) is 9.97 Å². The van der Waals surface area contributed by atoms with Gasteiger partial charge in [-0.1, -0.05) is 30.3 Å². The molecule has 2 heterocycles. The summed E-state index contributed by atoms with van der Waals surface area (Å²) in [7, 11) is 1.73. The number of hydrogen-bond acceptors (Lipinski definition) is 6. The third-order valence-electron chi connectivity index (χ3n) is 3.49. The number of hydrazone groups is 1. The lowest BCUT2D eigenvalue weighted by Gasteiger charge is -2.28. The van der Waals surface area contributed by atoms with Crippen LogP contribution in [0.1, 0.15) is 5.56 Å². The van der Waals surface area contributed by atoms with Crippen molar-refractivity contribution in [3.05, 3.63) is 47.9 Å². The summed E-state index contributed by atoms with van der Waals surface area (Å²) >= 11 is 0. The van der Waals surface area contributed by atoms with Crippen LogP contribution in [0.5, 0.6) is 0 Å². The number of morpholine rings is 1. The Kier molecular flexibility index (Phi) is 4.77. The topological polar surface area (TPSA) is 53.9 Å². The molecule has 1 aliphatic heterocycles. The maximum absolute atomic E-state index is 14.0. The van der Waals surface area contributed by atoms with Crippen LogP contribution >= 0.6 is 0 Å². The lowest BCUT2D eigenvalue weighted by Crippen LogP contribution is -2.37. The second-order valence-corrected chi connectivity index (χ2v) is 5.12. The molecule has 1 fully saturated rings. The van der Waals surface area contributed by atoms with E-state index in [4.69, 9.17) is 4.74 Å². The molecule has 0 aliphatic carbocycles. The molecule has 23 heavy (non-hydrogen) atoms. The third kappa shape index (κ3) is 3.81. The smallest absolute Gasteiger partial charge is 0.248 e. The Hall–Kier alpha value is -2.54. The molecule has 1 saturated heterocycles. The van der Waals surface area contributed by atoms with E-state index in [2.05, 4.69) is 15.1 Å². The summed E-state index contributed by atoms with van der Waals surface area (Å²) in [6, 6.07) is 9.71. The summed E-state index contributed by atoms with van der Waals surface area (Å²) in [5.74, 6) is 0.205. The van der Waals surface area contributed by atoms with Crippen molar-refractivity contribution < 1.29 is 9.13 Å². The van der Waals surface area contributed by atoms with Gasteiger partial charge in [0.1, 0.15) is 0 Å². The van der Waals surface area contributed by atoms with Crippen LogP contribution in [0.2, 0.25) is 0 Å². The summed E-state index contributed by atoms with van der Waals surface area (Å²) in [6.45, 7) is 2.37. The lowest BCUT2D eigenvalue weighted by atomic mass is 10.2. The number of benzene rings is 1. The van der Waals surface area contributed by atoms with Crippen LogP contribution in [0.25, 0.3) is 0 Å². The van der Waals surface area contributed by atoms with Gasteiger partial charge < -0.3 is 9.64 Å². The van der Waals surface area contributed by atoms with E-state index in [-0.39, 0.29) is 0 Å². The van der Waals surface area contributed by atoms with Crippen molar-refractivity contribution in [2.24, 2.45) is 5.10 Å². The normalized spacial score (nSPS) is 15.1. The minimum absolute atomic E-state index is 0.292. The monoisotopic (exact) mass is 315 g/mol. The Labute approximate surface area is 134 Å². The van der Waals surface area contributed by atoms with E-state index in [1.807, 2.05) is 35.2 Å². The molecule has 0 N–H and O–H groups in total. The van der Waals surface area contributed by atoms with Crippen molar-refractivity contribution in [3.63, 3.8) is 0 Å². The fourth-order valence-electron chi connectivity index (χ4n) is 2.25. The van der Waals surface area contributed by atoms with Crippen molar-refractivity contribution in [3.8, 4) is 0 Å². The molecule has 1 aromatic carbocycles. The first-order valence-corrected chi connectivity index (χ1v) is 7.42. The van der Waals surface area contributed by atoms with Crippen molar-refractivity contribution in [2.75, 3.05) is 43.3 Å². The average molecular weight is 315 g/mol. The van der Waals surface area contributed by atoms with Gasteiger partial charge in [0.2, 0.25) is 5.95 Å². The molecule has 0 atom stereocenters. The number of hydrogen-bond donors (Lipinski definition) is 0. The predicted octanol–water partition coefficient (Wildman–Crippen LogP) is 1.92. The van der Waals surface area contributed by atoms with Crippen LogP contribution in [-0.4, -0.2) is 49.5 Å². The number of halogens is 1. The maximum atomic E-state index is 14.0. The van der Waals surface area contributed by atoms with E-state index in [0.717, 1.165) is 5.56 Å². The first-order valence-electron chi connectivity index (χ1n) is 7.42. The van der Waals surface area contributed by atoms with E-state index < -0.39 is 5.82 Å². The number of anilines is 2. The third-order valence-corrected chi connectivity index (χ3v) is 3.49. The van der Waals surface area contributed by atoms with Gasteiger partial charge in [0.05, 0.1) is 25.6 Å². The van der Waals surface area contributed by atoms with Gasteiger partial charge >= 0.3 is 0 Å². The van der Waals surface area contributed by atoms with E-state index in [0.29, 0.717) is 38.1 Å². The van der Waals surface area contributed by atoms with Gasteiger partial charge in [-0.25, -0.2) is 14.4 Å². The predicted molar refractivity (Wildman–Crippen MR) is 87.5 cm³/mol. The molecule has 7 heteroatoms. The highest BCUT2D eigenvalue weighted by molar-refractivity contribution is 5.80. The van der Waals surface area contributed by atoms with Gasteiger partial charge in [0.15, 0.2) is 11.6 Å². The molecule has 0 spiro atoms. The molecule has 120 valence electrons. The van der Waals surface area contributed by atoms with Crippen LogP contribution < -0.4 is 9.91 Å². The van der Waals surface area contributed by atoms with Gasteiger partial charge in [-0.2, -0.15) is 10.1 Å². The van der Waals surface area contributed by atoms with Gasteiger partial charge in [0.25, 0.3) is 0 Å². The second kappa shape index (κ2) is 7.15. The maximum Gasteiger partial charge on any atom is 0.248 e. The van der Waals surface area contributed by atoms with Crippen LogP contribution in [-0.2, 0) is 4.74 Å². The SMILES string of the molecule is CN(/N=C/c1ccccc1)c1ncc(F)c(N2CCOCC2)n1. The molecule has 1 aliphatic rings. The van der Waals surface area contributed by atoms with Crippen molar-refractivity contribution >= 4 is 18.0 Å². The van der Waals surface area contributed by atoms with Crippen molar-refractivity contribution in [1.29, 1.82) is 0 Å². The highest BCUT2D eigenvalue weighted by Crippen LogP contribution is 2.19. The summed E-state index contributed by atoms with van der Waals surface area (Å²) < 4.78 is 19.3. The zero-order valence-corrected chi connectivity index (χ0v) is 12.9. The van der Waals surface area contributed by atoms with Crippen LogP contribution in [0.3, 0.4) is 0 Å². The first kappa shape index (κ1) is 15.4. The minimum atomic E-state index is -0.434. The van der Waals surface area contributed by atoms with E-state index in [9.17, 15) is 4.39 Å². The fraction of sp³-hybridized carbons (Fsp3) is 0.312. The Morgan fingerprint density at radius 2 is 2.00 bits per heavy atom. The Morgan fingerprint density at radius 3 is 2.74 bits per heavy atom. The van der Waals surface area contributed by atoms with Gasteiger partial charge in [-0.3, -0.25) is 0 Å². The lowest BCUT2D eigenvalue weighted by molar-refractivity contribution is 0.122. The van der Waals surface area contributed by atoms with E-state index in [1.165, 1.54) is 11.2 Å². The van der Waals surface area contributed by atoms with Crippen LogP contribution in [0, 0.1) is 5.82 Å². The summed E-state index contributed by atoms with van der Waals surface area (Å²) in [5, 5.41) is 5.82. The largest absolute Gasteiger partial charge is 0.378 e. The summed E-state index contributed by atoms with van der Waals surface area (Å²) in [6.07, 6.45) is 2.89. The number of rotatable bonds is 4. The number of aromatic nitrogens is 2. The quantitative estimate of drug-likeness (QED) is 0.637. The number of nitrogens with zero attached hydrogens (tertiary/aromatic N) is 5. The van der Waals surface area contributed by atoms with Crippen molar-refractivity contribution in [2.45, 2.75) is 0 Å². The minimum Gasteiger partial charge on any atom is -0.378 e. The summed E-state index contributed by atoms with van der Waals surface area (Å²) in [4.78, 5) is 10.2. The second-order valence-electron chi connectivity index (χ2n) is 5.12. The molecule has 0 amide bonds. The molecular formula is C16H18FN5O. The zero-order chi connectivity index (χ0) is 16.1. The molecule has 0 saturated carbocycles. The Bertz CT molecular complexity index is 673. The average Bonchev–Trinajstić information content (AvgIpc) is 2.62. The van der Waals surface area contributed by atoms with Gasteiger partial charge in [-0.05, 0) is 5.56 Å². The first-order chi connectivity index (χ1) is 11.2. The molecule has 0 unspecified atom stereocenters. The molecule has 3 rings (SSSR count). The standard InChI is InChI=1S/C16H18FN5O/c1-21(19-11-13-5-3-2-4-6-13)16-18-12-14(17)15(20-16)22-7-9-23-10-8-22/h2-6,11-12H,7-10H2,1H3/b19-11+. The number of ether oxygens (including phenoxy) is 1. The molecule has 6 nitrogen and oxygen atoms in total. The van der Waals surface area contributed by atoms with Crippen LogP contribution in [0.15, 0.2) is 41.6 Å². The molecule has 2 aromatic rings. The Balaban J connectivity index is 1.78. The van der Waals surface area contributed by atoms with Gasteiger partial charge in [0, 0.05) is 20.1 Å².